The van der Waals surface area contributed by atoms with Crippen LogP contribution in [0.4, 0.5) is 11.4 Å². The van der Waals surface area contributed by atoms with Crippen molar-refractivity contribution < 1.29 is 14.5 Å². The first-order valence-corrected chi connectivity index (χ1v) is 10.00. The molecule has 0 saturated carbocycles. The molecule has 1 aromatic heterocycles. The molecule has 0 spiro atoms. The van der Waals surface area contributed by atoms with Crippen LogP contribution in [-0.4, -0.2) is 44.5 Å². The number of carbonyl (C=O) groups is 2. The van der Waals surface area contributed by atoms with E-state index in [2.05, 4.69) is 10.4 Å². The van der Waals surface area contributed by atoms with Crippen LogP contribution in [0.3, 0.4) is 0 Å². The minimum absolute atomic E-state index is 0.0370. The number of carbonyl (C=O) groups excluding carboxylic acids is 2. The molecule has 0 aliphatic carbocycles. The van der Waals surface area contributed by atoms with Gasteiger partial charge in [0, 0.05) is 36.4 Å². The van der Waals surface area contributed by atoms with Crippen LogP contribution >= 0.6 is 11.6 Å². The van der Waals surface area contributed by atoms with Crippen molar-refractivity contribution in [1.82, 2.24) is 14.7 Å². The second-order valence-electron chi connectivity index (χ2n) is 7.09. The number of nitro benzene ring substituents is 1. The summed E-state index contributed by atoms with van der Waals surface area (Å²) in [7, 11) is 0. The molecule has 1 saturated heterocycles. The number of halogens is 1. The van der Waals surface area contributed by atoms with Crippen LogP contribution in [-0.2, 0) is 0 Å². The minimum Gasteiger partial charge on any atom is -0.339 e. The van der Waals surface area contributed by atoms with Gasteiger partial charge in [-0.2, -0.15) is 5.10 Å². The van der Waals surface area contributed by atoms with E-state index in [1.807, 2.05) is 0 Å². The summed E-state index contributed by atoms with van der Waals surface area (Å²) in [6.45, 7) is 1.38. The Morgan fingerprint density at radius 1 is 1.10 bits per heavy atom. The van der Waals surface area contributed by atoms with Crippen molar-refractivity contribution in [2.45, 2.75) is 12.8 Å². The van der Waals surface area contributed by atoms with Crippen molar-refractivity contribution in [2.24, 2.45) is 0 Å². The maximum Gasteiger partial charge on any atom is 0.269 e. The minimum atomic E-state index is -0.488. The van der Waals surface area contributed by atoms with Gasteiger partial charge >= 0.3 is 0 Å². The Kier molecular flexibility index (Phi) is 5.68. The highest BCUT2D eigenvalue weighted by Crippen LogP contribution is 2.25. The number of rotatable bonds is 5. The van der Waals surface area contributed by atoms with Gasteiger partial charge in [0.15, 0.2) is 0 Å². The van der Waals surface area contributed by atoms with Gasteiger partial charge in [-0.15, -0.1) is 0 Å². The van der Waals surface area contributed by atoms with Crippen LogP contribution in [0.5, 0.6) is 0 Å². The lowest BCUT2D eigenvalue weighted by Crippen LogP contribution is -2.28. The molecule has 1 fully saturated rings. The van der Waals surface area contributed by atoms with Crippen LogP contribution < -0.4 is 5.32 Å². The Hall–Kier alpha value is -3.72. The first kappa shape index (κ1) is 20.5. The molecule has 0 radical (unpaired) electrons. The van der Waals surface area contributed by atoms with E-state index in [0.29, 0.717) is 35.1 Å². The third-order valence-corrected chi connectivity index (χ3v) is 5.26. The van der Waals surface area contributed by atoms with Gasteiger partial charge in [0.2, 0.25) is 0 Å². The quantitative estimate of drug-likeness (QED) is 0.478. The van der Waals surface area contributed by atoms with E-state index >= 15 is 0 Å². The van der Waals surface area contributed by atoms with E-state index in [9.17, 15) is 19.7 Å². The molecule has 10 heteroatoms. The Morgan fingerprint density at radius 3 is 2.48 bits per heavy atom. The average molecular weight is 440 g/mol. The third kappa shape index (κ3) is 4.41. The number of anilines is 1. The average Bonchev–Trinajstić information content (AvgIpc) is 3.46. The van der Waals surface area contributed by atoms with Gasteiger partial charge in [0.05, 0.1) is 33.6 Å². The molecule has 1 N–H and O–H groups in total. The van der Waals surface area contributed by atoms with Crippen molar-refractivity contribution in [2.75, 3.05) is 18.4 Å². The van der Waals surface area contributed by atoms with Crippen LogP contribution in [0.15, 0.2) is 54.9 Å². The van der Waals surface area contributed by atoms with Crippen molar-refractivity contribution in [1.29, 1.82) is 0 Å². The summed E-state index contributed by atoms with van der Waals surface area (Å²) in [4.78, 5) is 37.7. The summed E-state index contributed by atoms with van der Waals surface area (Å²) in [5, 5.41) is 18.1. The van der Waals surface area contributed by atoms with Crippen molar-refractivity contribution in [3.05, 3.63) is 81.1 Å². The van der Waals surface area contributed by atoms with Gasteiger partial charge in [-0.1, -0.05) is 11.6 Å². The lowest BCUT2D eigenvalue weighted by atomic mass is 10.1. The maximum absolute atomic E-state index is 12.8. The summed E-state index contributed by atoms with van der Waals surface area (Å²) in [6.07, 6.45) is 4.80. The highest BCUT2D eigenvalue weighted by molar-refractivity contribution is 6.31. The van der Waals surface area contributed by atoms with Crippen molar-refractivity contribution in [3.63, 3.8) is 0 Å². The fraction of sp³-hybridized carbons (Fsp3) is 0.190. The van der Waals surface area contributed by atoms with E-state index in [4.69, 9.17) is 11.6 Å². The number of hydrogen-bond acceptors (Lipinski definition) is 5. The molecule has 9 nitrogen and oxygen atoms in total. The molecular formula is C21H18ClN5O4. The van der Waals surface area contributed by atoms with Crippen molar-refractivity contribution in [3.8, 4) is 5.69 Å². The van der Waals surface area contributed by atoms with E-state index in [1.54, 1.807) is 23.1 Å². The van der Waals surface area contributed by atoms with E-state index in [1.165, 1.54) is 41.3 Å². The predicted octanol–water partition coefficient (Wildman–Crippen LogP) is 3.92. The molecule has 158 valence electrons. The normalized spacial score (nSPS) is 13.3. The molecule has 2 heterocycles. The number of benzene rings is 2. The second-order valence-corrected chi connectivity index (χ2v) is 7.53. The maximum atomic E-state index is 12.8. The number of non-ortho nitro benzene ring substituents is 1. The standard InChI is InChI=1S/C21H18ClN5O4/c22-15-3-8-18(21(29)25-9-1-2-10-25)19(11-15)24-20(28)14-12-23-26(13-14)16-4-6-17(7-5-16)27(30)31/h3-8,11-13H,1-2,9-10H2,(H,24,28). The molecule has 1 aliphatic heterocycles. The van der Waals surface area contributed by atoms with Gasteiger partial charge in [-0.25, -0.2) is 4.68 Å². The van der Waals surface area contributed by atoms with Crippen LogP contribution in [0.1, 0.15) is 33.6 Å². The van der Waals surface area contributed by atoms with Crippen LogP contribution in [0, 0.1) is 10.1 Å². The number of amides is 2. The summed E-state index contributed by atoms with van der Waals surface area (Å²) in [5.74, 6) is -0.600. The van der Waals surface area contributed by atoms with Crippen LogP contribution in [0.25, 0.3) is 5.69 Å². The Bertz CT molecular complexity index is 1150. The number of nitrogens with zero attached hydrogens (tertiary/aromatic N) is 4. The molecule has 0 atom stereocenters. The Morgan fingerprint density at radius 2 is 1.81 bits per heavy atom. The lowest BCUT2D eigenvalue weighted by Gasteiger charge is -2.18. The highest BCUT2D eigenvalue weighted by atomic mass is 35.5. The van der Waals surface area contributed by atoms with Gasteiger partial charge in [-0.05, 0) is 43.2 Å². The molecule has 4 rings (SSSR count). The molecule has 2 amide bonds. The molecular weight excluding hydrogens is 422 g/mol. The zero-order valence-electron chi connectivity index (χ0n) is 16.3. The SMILES string of the molecule is O=C(Nc1cc(Cl)ccc1C(=O)N1CCCC1)c1cnn(-c2ccc([N+](=O)[O-])cc2)c1. The predicted molar refractivity (Wildman–Crippen MR) is 115 cm³/mol. The number of nitrogens with one attached hydrogen (secondary N) is 1. The first-order chi connectivity index (χ1) is 14.9. The molecule has 0 unspecified atom stereocenters. The highest BCUT2D eigenvalue weighted by Gasteiger charge is 2.23. The number of aromatic nitrogens is 2. The molecule has 2 aromatic carbocycles. The Balaban J connectivity index is 1.54. The van der Waals surface area contributed by atoms with Crippen molar-refractivity contribution >= 4 is 34.8 Å². The first-order valence-electron chi connectivity index (χ1n) is 9.62. The van der Waals surface area contributed by atoms with E-state index < -0.39 is 10.8 Å². The fourth-order valence-corrected chi connectivity index (χ4v) is 3.57. The number of hydrogen-bond donors (Lipinski definition) is 1. The molecule has 1 aliphatic rings. The fourth-order valence-electron chi connectivity index (χ4n) is 3.40. The summed E-state index contributed by atoms with van der Waals surface area (Å²) >= 11 is 6.09. The topological polar surface area (TPSA) is 110 Å². The monoisotopic (exact) mass is 439 g/mol. The number of nitro groups is 1. The van der Waals surface area contributed by atoms with Gasteiger partial charge in [0.25, 0.3) is 17.5 Å². The zero-order valence-corrected chi connectivity index (χ0v) is 17.1. The number of likely N-dealkylation sites (tertiary alicyclic amines) is 1. The van der Waals surface area contributed by atoms with E-state index in [-0.39, 0.29) is 17.2 Å². The Labute approximate surface area is 182 Å². The summed E-state index contributed by atoms with van der Waals surface area (Å²) in [5.41, 5.74) is 1.50. The molecule has 0 bridgehead atoms. The molecule has 3 aromatic rings. The van der Waals surface area contributed by atoms with Gasteiger partial charge < -0.3 is 10.2 Å². The lowest BCUT2D eigenvalue weighted by molar-refractivity contribution is -0.384. The zero-order chi connectivity index (χ0) is 22.0. The van der Waals surface area contributed by atoms with E-state index in [0.717, 1.165) is 12.8 Å². The third-order valence-electron chi connectivity index (χ3n) is 5.02. The largest absolute Gasteiger partial charge is 0.339 e. The summed E-state index contributed by atoms with van der Waals surface area (Å²) < 4.78 is 1.44. The summed E-state index contributed by atoms with van der Waals surface area (Å²) in [6, 6.07) is 10.6. The molecule has 31 heavy (non-hydrogen) atoms. The van der Waals surface area contributed by atoms with Gasteiger partial charge in [0.1, 0.15) is 0 Å². The van der Waals surface area contributed by atoms with Gasteiger partial charge in [-0.3, -0.25) is 19.7 Å². The second kappa shape index (κ2) is 8.57. The van der Waals surface area contributed by atoms with Crippen LogP contribution in [0.2, 0.25) is 5.02 Å². The smallest absolute Gasteiger partial charge is 0.269 e.